The standard InChI is InChI=1S/C19H21N3OS3/c1-13(2)14-7-9-15(10-8-14)20-18-21-22-19(26-18)25-12-3-5-16(23)17-6-4-11-24-17/h4,6-11,13H,3,5,12H2,1-2H3,(H,20,21). The van der Waals surface area contributed by atoms with Gasteiger partial charge in [-0.3, -0.25) is 4.79 Å². The highest BCUT2D eigenvalue weighted by atomic mass is 32.2. The molecule has 1 aromatic carbocycles. The van der Waals surface area contributed by atoms with Crippen molar-refractivity contribution in [3.8, 4) is 0 Å². The van der Waals surface area contributed by atoms with Crippen LogP contribution in [0.5, 0.6) is 0 Å². The fourth-order valence-corrected chi connectivity index (χ4v) is 4.82. The molecule has 0 fully saturated rings. The van der Waals surface area contributed by atoms with Gasteiger partial charge in [-0.1, -0.05) is 55.1 Å². The van der Waals surface area contributed by atoms with Gasteiger partial charge in [0, 0.05) is 17.9 Å². The Bertz CT molecular complexity index is 826. The smallest absolute Gasteiger partial charge is 0.210 e. The van der Waals surface area contributed by atoms with E-state index in [1.165, 1.54) is 16.9 Å². The maximum atomic E-state index is 12.0. The minimum Gasteiger partial charge on any atom is -0.330 e. The summed E-state index contributed by atoms with van der Waals surface area (Å²) in [4.78, 5) is 12.8. The van der Waals surface area contributed by atoms with Gasteiger partial charge in [0.05, 0.1) is 4.88 Å². The quantitative estimate of drug-likeness (QED) is 0.261. The molecule has 2 aromatic heterocycles. The molecule has 0 radical (unpaired) electrons. The van der Waals surface area contributed by atoms with Crippen molar-refractivity contribution in [1.29, 1.82) is 0 Å². The summed E-state index contributed by atoms with van der Waals surface area (Å²) in [5.41, 5.74) is 2.34. The number of carbonyl (C=O) groups excluding carboxylic acids is 1. The van der Waals surface area contributed by atoms with Crippen LogP contribution in [0.2, 0.25) is 0 Å². The second-order valence-corrected chi connectivity index (χ2v) is 9.39. The number of ketones is 1. The predicted molar refractivity (Wildman–Crippen MR) is 112 cm³/mol. The molecule has 3 aromatic rings. The number of Topliss-reactive ketones (excluding diaryl/α,β-unsaturated/α-hetero) is 1. The lowest BCUT2D eigenvalue weighted by Gasteiger charge is -2.06. The van der Waals surface area contributed by atoms with Crippen molar-refractivity contribution in [1.82, 2.24) is 10.2 Å². The molecule has 3 rings (SSSR count). The summed E-state index contributed by atoms with van der Waals surface area (Å²) >= 11 is 4.70. The van der Waals surface area contributed by atoms with Gasteiger partial charge in [0.15, 0.2) is 10.1 Å². The first kappa shape index (κ1) is 19.1. The average molecular weight is 404 g/mol. The number of nitrogens with one attached hydrogen (secondary N) is 1. The normalized spacial score (nSPS) is 11.0. The molecule has 0 atom stereocenters. The van der Waals surface area contributed by atoms with E-state index in [1.807, 2.05) is 17.5 Å². The first-order valence-electron chi connectivity index (χ1n) is 8.52. The van der Waals surface area contributed by atoms with E-state index in [0.29, 0.717) is 12.3 Å². The Balaban J connectivity index is 1.43. The highest BCUT2D eigenvalue weighted by Crippen LogP contribution is 2.29. The molecule has 0 saturated heterocycles. The highest BCUT2D eigenvalue weighted by Gasteiger charge is 2.08. The molecule has 1 N–H and O–H groups in total. The molecule has 0 aliphatic heterocycles. The second kappa shape index (κ2) is 9.30. The van der Waals surface area contributed by atoms with Gasteiger partial charge in [0.1, 0.15) is 0 Å². The van der Waals surface area contributed by atoms with Crippen LogP contribution in [0.4, 0.5) is 10.8 Å². The van der Waals surface area contributed by atoms with Crippen molar-refractivity contribution in [3.63, 3.8) is 0 Å². The summed E-state index contributed by atoms with van der Waals surface area (Å²) in [6, 6.07) is 12.2. The molecule has 0 aliphatic carbocycles. The summed E-state index contributed by atoms with van der Waals surface area (Å²) in [6.07, 6.45) is 1.43. The zero-order valence-electron chi connectivity index (χ0n) is 14.8. The number of hydrogen-bond acceptors (Lipinski definition) is 7. The fraction of sp³-hybridized carbons (Fsp3) is 0.316. The molecule has 0 saturated carbocycles. The molecule has 0 spiro atoms. The van der Waals surface area contributed by atoms with Gasteiger partial charge >= 0.3 is 0 Å². The Morgan fingerprint density at radius 3 is 2.69 bits per heavy atom. The second-order valence-electron chi connectivity index (χ2n) is 6.13. The number of nitrogens with zero attached hydrogens (tertiary/aromatic N) is 2. The molecule has 0 amide bonds. The third-order valence-corrected chi connectivity index (χ3v) is 6.77. The van der Waals surface area contributed by atoms with Gasteiger partial charge in [-0.2, -0.15) is 0 Å². The number of aromatic nitrogens is 2. The van der Waals surface area contributed by atoms with Crippen molar-refractivity contribution in [3.05, 3.63) is 52.2 Å². The average Bonchev–Trinajstić information content (AvgIpc) is 3.31. The SMILES string of the molecule is CC(C)c1ccc(Nc2nnc(SCCCC(=O)c3cccs3)s2)cc1. The number of rotatable bonds is 9. The fourth-order valence-electron chi connectivity index (χ4n) is 2.35. The van der Waals surface area contributed by atoms with Crippen LogP contribution in [-0.2, 0) is 0 Å². The van der Waals surface area contributed by atoms with Gasteiger partial charge in [-0.25, -0.2) is 0 Å². The molecule has 0 aliphatic rings. The maximum Gasteiger partial charge on any atom is 0.210 e. The lowest BCUT2D eigenvalue weighted by Crippen LogP contribution is -1.96. The highest BCUT2D eigenvalue weighted by molar-refractivity contribution is 8.01. The van der Waals surface area contributed by atoms with E-state index in [0.717, 1.165) is 32.2 Å². The Labute approximate surface area is 166 Å². The van der Waals surface area contributed by atoms with Gasteiger partial charge in [0.2, 0.25) is 5.13 Å². The Morgan fingerprint density at radius 1 is 1.19 bits per heavy atom. The Kier molecular flexibility index (Phi) is 6.82. The summed E-state index contributed by atoms with van der Waals surface area (Å²) in [5.74, 6) is 1.62. The molecule has 136 valence electrons. The van der Waals surface area contributed by atoms with E-state index in [4.69, 9.17) is 0 Å². The van der Waals surface area contributed by atoms with E-state index in [1.54, 1.807) is 23.1 Å². The van der Waals surface area contributed by atoms with E-state index >= 15 is 0 Å². The lowest BCUT2D eigenvalue weighted by atomic mass is 10.0. The Morgan fingerprint density at radius 2 is 2.00 bits per heavy atom. The number of thiophene rings is 1. The third-order valence-electron chi connectivity index (χ3n) is 3.80. The number of thioether (sulfide) groups is 1. The van der Waals surface area contributed by atoms with E-state index < -0.39 is 0 Å². The number of benzene rings is 1. The van der Waals surface area contributed by atoms with E-state index in [2.05, 4.69) is 53.6 Å². The first-order chi connectivity index (χ1) is 12.6. The monoisotopic (exact) mass is 403 g/mol. The van der Waals surface area contributed by atoms with Crippen molar-refractivity contribution in [2.75, 3.05) is 11.1 Å². The van der Waals surface area contributed by atoms with Gasteiger partial charge in [-0.05, 0) is 41.5 Å². The van der Waals surface area contributed by atoms with Crippen LogP contribution >= 0.6 is 34.4 Å². The van der Waals surface area contributed by atoms with Gasteiger partial charge in [0.25, 0.3) is 0 Å². The molecular formula is C19H21N3OS3. The van der Waals surface area contributed by atoms with Gasteiger partial charge < -0.3 is 5.32 Å². The van der Waals surface area contributed by atoms with Crippen LogP contribution in [0.3, 0.4) is 0 Å². The summed E-state index contributed by atoms with van der Waals surface area (Å²) < 4.78 is 0.926. The third kappa shape index (κ3) is 5.40. The zero-order valence-corrected chi connectivity index (χ0v) is 17.2. The number of anilines is 2. The van der Waals surface area contributed by atoms with Crippen molar-refractivity contribution in [2.45, 2.75) is 36.9 Å². The van der Waals surface area contributed by atoms with Crippen molar-refractivity contribution >= 4 is 51.0 Å². The molecule has 2 heterocycles. The maximum absolute atomic E-state index is 12.0. The van der Waals surface area contributed by atoms with Crippen molar-refractivity contribution in [2.24, 2.45) is 0 Å². The van der Waals surface area contributed by atoms with Crippen LogP contribution in [0.1, 0.15) is 47.8 Å². The van der Waals surface area contributed by atoms with E-state index in [-0.39, 0.29) is 5.78 Å². The molecule has 0 bridgehead atoms. The number of hydrogen-bond donors (Lipinski definition) is 1. The van der Waals surface area contributed by atoms with E-state index in [9.17, 15) is 4.79 Å². The minimum absolute atomic E-state index is 0.227. The van der Waals surface area contributed by atoms with Crippen LogP contribution in [0.25, 0.3) is 0 Å². The molecular weight excluding hydrogens is 382 g/mol. The largest absolute Gasteiger partial charge is 0.330 e. The molecule has 7 heteroatoms. The Hall–Kier alpha value is -1.70. The molecule has 26 heavy (non-hydrogen) atoms. The topological polar surface area (TPSA) is 54.9 Å². The molecule has 4 nitrogen and oxygen atoms in total. The molecule has 0 unspecified atom stereocenters. The zero-order chi connectivity index (χ0) is 18.4. The van der Waals surface area contributed by atoms with Crippen LogP contribution < -0.4 is 5.32 Å². The van der Waals surface area contributed by atoms with Crippen LogP contribution in [0.15, 0.2) is 46.1 Å². The predicted octanol–water partition coefficient (Wildman–Crippen LogP) is 6.22. The summed E-state index contributed by atoms with van der Waals surface area (Å²) in [5, 5.41) is 14.4. The lowest BCUT2D eigenvalue weighted by molar-refractivity contribution is 0.0986. The van der Waals surface area contributed by atoms with Crippen LogP contribution in [0, 0.1) is 0 Å². The summed E-state index contributed by atoms with van der Waals surface area (Å²) in [6.45, 7) is 4.37. The summed E-state index contributed by atoms with van der Waals surface area (Å²) in [7, 11) is 0. The number of carbonyl (C=O) groups is 1. The van der Waals surface area contributed by atoms with Crippen molar-refractivity contribution < 1.29 is 4.79 Å². The van der Waals surface area contributed by atoms with Crippen LogP contribution in [-0.4, -0.2) is 21.7 Å². The van der Waals surface area contributed by atoms with Gasteiger partial charge in [-0.15, -0.1) is 21.5 Å². The minimum atomic E-state index is 0.227. The first-order valence-corrected chi connectivity index (χ1v) is 11.2.